The molecular formula is C30H50O6. The van der Waals surface area contributed by atoms with Crippen LogP contribution in [-0.2, 0) is 28.6 Å². The van der Waals surface area contributed by atoms with Gasteiger partial charge in [0, 0.05) is 22.6 Å². The Labute approximate surface area is 219 Å². The lowest BCUT2D eigenvalue weighted by Crippen LogP contribution is -2.38. The number of esters is 3. The van der Waals surface area contributed by atoms with Crippen LogP contribution in [0.3, 0.4) is 0 Å². The number of hydrogen-bond acceptors (Lipinski definition) is 6. The fourth-order valence-corrected chi connectivity index (χ4v) is 4.74. The van der Waals surface area contributed by atoms with Gasteiger partial charge >= 0.3 is 17.9 Å². The molecule has 0 heterocycles. The fourth-order valence-electron chi connectivity index (χ4n) is 4.74. The van der Waals surface area contributed by atoms with Crippen molar-refractivity contribution < 1.29 is 28.6 Å². The molecule has 0 saturated heterocycles. The average Bonchev–Trinajstić information content (AvgIpc) is 3.14. The van der Waals surface area contributed by atoms with Crippen molar-refractivity contribution in [3.05, 3.63) is 37.0 Å². The van der Waals surface area contributed by atoms with E-state index in [-0.39, 0.29) is 23.5 Å². The molecule has 0 aromatic carbocycles. The zero-order valence-corrected chi connectivity index (χ0v) is 24.0. The molecule has 6 heteroatoms. The third-order valence-corrected chi connectivity index (χ3v) is 7.69. The van der Waals surface area contributed by atoms with Crippen LogP contribution in [0.25, 0.3) is 0 Å². The molecule has 2 saturated carbocycles. The minimum Gasteiger partial charge on any atom is -0.466 e. The van der Waals surface area contributed by atoms with Gasteiger partial charge in [-0.1, -0.05) is 73.6 Å². The summed E-state index contributed by atoms with van der Waals surface area (Å²) in [5.41, 5.74) is 1.44. The van der Waals surface area contributed by atoms with E-state index in [1.54, 1.807) is 13.8 Å². The van der Waals surface area contributed by atoms with E-state index in [0.29, 0.717) is 29.1 Å². The molecule has 2 aliphatic rings. The highest BCUT2D eigenvalue weighted by Crippen LogP contribution is 2.66. The number of unbranched alkanes of at least 4 members (excludes halogenated alkanes) is 2. The lowest BCUT2D eigenvalue weighted by atomic mass is 9.70. The second-order valence-electron chi connectivity index (χ2n) is 11.2. The first-order chi connectivity index (χ1) is 16.6. The lowest BCUT2D eigenvalue weighted by molar-refractivity contribution is -0.152. The van der Waals surface area contributed by atoms with Crippen molar-refractivity contribution in [1.82, 2.24) is 0 Å². The number of rotatable bonds is 10. The smallest absolute Gasteiger partial charge is 0.333 e. The molecule has 2 fully saturated rings. The molecular weight excluding hydrogens is 456 g/mol. The lowest BCUT2D eigenvalue weighted by Gasteiger charge is -2.38. The van der Waals surface area contributed by atoms with E-state index in [0.717, 1.165) is 31.3 Å². The molecule has 0 aromatic heterocycles. The maximum atomic E-state index is 11.6. The van der Waals surface area contributed by atoms with Crippen LogP contribution in [0, 0.1) is 22.7 Å². The third kappa shape index (κ3) is 10.3. The van der Waals surface area contributed by atoms with Crippen molar-refractivity contribution in [2.45, 2.75) is 99.5 Å². The molecule has 3 atom stereocenters. The Bertz CT molecular complexity index is 778. The van der Waals surface area contributed by atoms with E-state index in [2.05, 4.69) is 59.1 Å². The van der Waals surface area contributed by atoms with Gasteiger partial charge in [-0.15, -0.1) is 0 Å². The number of fused-ring (bicyclic) bond motifs is 2. The highest BCUT2D eigenvalue weighted by Gasteiger charge is 2.62. The molecule has 2 aliphatic carbocycles. The van der Waals surface area contributed by atoms with Gasteiger partial charge < -0.3 is 14.2 Å². The van der Waals surface area contributed by atoms with Crippen LogP contribution in [0.4, 0.5) is 0 Å². The first kappa shape index (κ1) is 33.6. The van der Waals surface area contributed by atoms with Crippen LogP contribution in [0.5, 0.6) is 0 Å². The predicted octanol–water partition coefficient (Wildman–Crippen LogP) is 6.99. The molecule has 6 nitrogen and oxygen atoms in total. The van der Waals surface area contributed by atoms with Crippen LogP contribution >= 0.6 is 0 Å². The summed E-state index contributed by atoms with van der Waals surface area (Å²) in [6.07, 6.45) is 9.28. The van der Waals surface area contributed by atoms with E-state index < -0.39 is 5.97 Å². The summed E-state index contributed by atoms with van der Waals surface area (Å²) in [5.74, 6) is 0.590. The summed E-state index contributed by atoms with van der Waals surface area (Å²) >= 11 is 0. The topological polar surface area (TPSA) is 78.9 Å². The molecule has 0 amide bonds. The standard InChI is InChI=1S/C14H22O2.C12H22O2.C4H6O2/c1-9(2)12(15)16-11-8-10-6-7-14(11,5)13(10,3)4;1-10(2)8-6-5-7-9-14-12(13)11(3)4;1-3-4(5)6-2/h10-11H,1,6-8H2,2-5H3;10H,3,5-9H2,1-2,4H3;3H,1H2,2H3/t10-,11?,14-;;/m1../s1. The van der Waals surface area contributed by atoms with Crippen molar-refractivity contribution in [3.63, 3.8) is 0 Å². The van der Waals surface area contributed by atoms with E-state index in [9.17, 15) is 14.4 Å². The number of carbonyl (C=O) groups excluding carboxylic acids is 3. The molecule has 0 aromatic rings. The Balaban J connectivity index is 0.000000563. The highest BCUT2D eigenvalue weighted by atomic mass is 16.5. The summed E-state index contributed by atoms with van der Waals surface area (Å²) < 4.78 is 14.7. The minimum atomic E-state index is -0.394. The van der Waals surface area contributed by atoms with Crippen LogP contribution in [0.15, 0.2) is 37.0 Å². The average molecular weight is 507 g/mol. The van der Waals surface area contributed by atoms with Gasteiger partial charge in [-0.25, -0.2) is 14.4 Å². The van der Waals surface area contributed by atoms with E-state index >= 15 is 0 Å². The van der Waals surface area contributed by atoms with Gasteiger partial charge in [0.1, 0.15) is 6.10 Å². The SMILES string of the molecule is C=C(C)C(=O)OC1C[C@H]2CC[C@@]1(C)C2(C)C.C=C(C)C(=O)OCCCCCC(C)C.C=CC(=O)OC. The summed E-state index contributed by atoms with van der Waals surface area (Å²) in [7, 11) is 1.31. The molecule has 36 heavy (non-hydrogen) atoms. The maximum Gasteiger partial charge on any atom is 0.333 e. The molecule has 0 N–H and O–H groups in total. The highest BCUT2D eigenvalue weighted by molar-refractivity contribution is 5.87. The molecule has 0 spiro atoms. The second-order valence-corrected chi connectivity index (χ2v) is 11.2. The minimum absolute atomic E-state index is 0.0884. The molecule has 2 rings (SSSR count). The predicted molar refractivity (Wildman–Crippen MR) is 145 cm³/mol. The Morgan fingerprint density at radius 1 is 1.00 bits per heavy atom. The van der Waals surface area contributed by atoms with Gasteiger partial charge in [0.15, 0.2) is 0 Å². The summed E-state index contributed by atoms with van der Waals surface area (Å²) in [6.45, 7) is 25.6. The Hall–Kier alpha value is -2.37. The Morgan fingerprint density at radius 2 is 1.58 bits per heavy atom. The quantitative estimate of drug-likeness (QED) is 0.137. The van der Waals surface area contributed by atoms with Crippen molar-refractivity contribution in [1.29, 1.82) is 0 Å². The summed E-state index contributed by atoms with van der Waals surface area (Å²) in [4.78, 5) is 32.4. The van der Waals surface area contributed by atoms with Crippen molar-refractivity contribution >= 4 is 17.9 Å². The number of carbonyl (C=O) groups is 3. The first-order valence-electron chi connectivity index (χ1n) is 13.0. The third-order valence-electron chi connectivity index (χ3n) is 7.69. The van der Waals surface area contributed by atoms with E-state index in [1.807, 2.05) is 0 Å². The number of hydrogen-bond donors (Lipinski definition) is 0. The van der Waals surface area contributed by atoms with Gasteiger partial charge in [0.25, 0.3) is 0 Å². The van der Waals surface area contributed by atoms with Crippen LogP contribution in [-0.4, -0.2) is 37.7 Å². The number of ether oxygens (including phenoxy) is 3. The zero-order chi connectivity index (χ0) is 28.1. The van der Waals surface area contributed by atoms with Gasteiger partial charge in [-0.3, -0.25) is 0 Å². The van der Waals surface area contributed by atoms with E-state index in [4.69, 9.17) is 9.47 Å². The van der Waals surface area contributed by atoms with Crippen molar-refractivity contribution in [2.75, 3.05) is 13.7 Å². The zero-order valence-electron chi connectivity index (χ0n) is 24.0. The molecule has 0 aliphatic heterocycles. The van der Waals surface area contributed by atoms with Crippen LogP contribution < -0.4 is 0 Å². The van der Waals surface area contributed by atoms with Gasteiger partial charge in [0.2, 0.25) is 0 Å². The Morgan fingerprint density at radius 3 is 1.94 bits per heavy atom. The van der Waals surface area contributed by atoms with Gasteiger partial charge in [-0.2, -0.15) is 0 Å². The fraction of sp³-hybridized carbons (Fsp3) is 0.700. The molecule has 2 bridgehead atoms. The summed E-state index contributed by atoms with van der Waals surface area (Å²) in [6, 6.07) is 0. The molecule has 206 valence electrons. The van der Waals surface area contributed by atoms with Crippen molar-refractivity contribution in [3.8, 4) is 0 Å². The van der Waals surface area contributed by atoms with Crippen LogP contribution in [0.1, 0.15) is 93.4 Å². The van der Waals surface area contributed by atoms with Gasteiger partial charge in [-0.05, 0) is 56.8 Å². The summed E-state index contributed by atoms with van der Waals surface area (Å²) in [5, 5.41) is 0. The van der Waals surface area contributed by atoms with Crippen LogP contribution in [0.2, 0.25) is 0 Å². The largest absolute Gasteiger partial charge is 0.466 e. The number of methoxy groups -OCH3 is 1. The van der Waals surface area contributed by atoms with Gasteiger partial charge in [0.05, 0.1) is 13.7 Å². The van der Waals surface area contributed by atoms with Crippen molar-refractivity contribution in [2.24, 2.45) is 22.7 Å². The maximum absolute atomic E-state index is 11.6. The first-order valence-corrected chi connectivity index (χ1v) is 13.0. The Kier molecular flexibility index (Phi) is 14.6. The van der Waals surface area contributed by atoms with E-state index in [1.165, 1.54) is 32.8 Å². The molecule has 1 unspecified atom stereocenters. The molecule has 0 radical (unpaired) electrons. The second kappa shape index (κ2) is 15.7. The normalized spacial score (nSPS) is 22.8. The monoisotopic (exact) mass is 506 g/mol.